The smallest absolute Gasteiger partial charge is 0.281 e. The van der Waals surface area contributed by atoms with Gasteiger partial charge in [0.2, 0.25) is 0 Å². The molecule has 1 saturated heterocycles. The highest BCUT2D eigenvalue weighted by Crippen LogP contribution is 2.41. The average Bonchev–Trinajstić information content (AvgIpc) is 3.23. The largest absolute Gasteiger partial charge is 0.362 e. The molecule has 11 heteroatoms. The second-order valence-corrected chi connectivity index (χ2v) is 14.6. The van der Waals surface area contributed by atoms with Crippen molar-refractivity contribution < 1.29 is 13.2 Å². The van der Waals surface area contributed by atoms with Crippen molar-refractivity contribution in [1.29, 1.82) is 0 Å². The van der Waals surface area contributed by atoms with Gasteiger partial charge in [-0.3, -0.25) is 9.78 Å². The van der Waals surface area contributed by atoms with E-state index in [1.807, 2.05) is 6.07 Å². The summed E-state index contributed by atoms with van der Waals surface area (Å²) in [4.78, 5) is 29.8. The number of fused-ring (bicyclic) bond motifs is 6. The third-order valence-electron chi connectivity index (χ3n) is 8.15. The van der Waals surface area contributed by atoms with Crippen LogP contribution in [0.5, 0.6) is 0 Å². The molecule has 2 atom stereocenters. The number of anilines is 2. The summed E-state index contributed by atoms with van der Waals surface area (Å²) in [5, 5.41) is 3.19. The van der Waals surface area contributed by atoms with Crippen molar-refractivity contribution in [3.63, 3.8) is 0 Å². The highest BCUT2D eigenvalue weighted by Gasteiger charge is 2.41. The van der Waals surface area contributed by atoms with Crippen molar-refractivity contribution in [2.24, 2.45) is 11.7 Å². The molecule has 4 bridgehead atoms. The lowest BCUT2D eigenvalue weighted by Crippen LogP contribution is -2.41. The summed E-state index contributed by atoms with van der Waals surface area (Å²) < 4.78 is 29.1. The molecule has 42 heavy (non-hydrogen) atoms. The summed E-state index contributed by atoms with van der Waals surface area (Å²) in [5.74, 6) is 0.484. The number of nitrogens with two attached hydrogens (primary N) is 1. The quantitative estimate of drug-likeness (QED) is 0.405. The molecular formula is C31H41N7O3S. The zero-order valence-electron chi connectivity index (χ0n) is 25.0. The Hall–Kier alpha value is -3.57. The van der Waals surface area contributed by atoms with E-state index in [2.05, 4.69) is 65.6 Å². The maximum absolute atomic E-state index is 13.6. The van der Waals surface area contributed by atoms with Crippen LogP contribution in [0, 0.1) is 5.92 Å². The first kappa shape index (κ1) is 29.9. The Balaban J connectivity index is 1.61. The van der Waals surface area contributed by atoms with E-state index in [1.54, 1.807) is 30.5 Å². The first-order valence-corrected chi connectivity index (χ1v) is 16.0. The van der Waals surface area contributed by atoms with Gasteiger partial charge < -0.3 is 16.0 Å². The van der Waals surface area contributed by atoms with Crippen molar-refractivity contribution in [3.8, 4) is 0 Å². The van der Waals surface area contributed by atoms with E-state index in [4.69, 9.17) is 10.7 Å². The van der Waals surface area contributed by atoms with E-state index in [1.165, 1.54) is 6.07 Å². The number of rotatable bonds is 3. The first-order valence-electron chi connectivity index (χ1n) is 14.5. The molecule has 2 aliphatic heterocycles. The normalized spacial score (nSPS) is 21.9. The SMILES string of the molecule is CC(C)(C)c1ccc2c(n1)N1C[C@@H](CC[C@@H](c3cc(CCN)ccn3)Nc3cccc(n3)S(=O)(=O)NC2=O)CC1(C)C. The van der Waals surface area contributed by atoms with Gasteiger partial charge in [0.25, 0.3) is 15.9 Å². The Kier molecular flexibility index (Phi) is 8.02. The van der Waals surface area contributed by atoms with Crippen LogP contribution in [0.2, 0.25) is 0 Å². The highest BCUT2D eigenvalue weighted by molar-refractivity contribution is 7.90. The van der Waals surface area contributed by atoms with Gasteiger partial charge in [0.15, 0.2) is 5.03 Å². The van der Waals surface area contributed by atoms with E-state index < -0.39 is 15.9 Å². The topological polar surface area (TPSA) is 143 Å². The minimum absolute atomic E-state index is 0.206. The fraction of sp³-hybridized carbons (Fsp3) is 0.484. The van der Waals surface area contributed by atoms with Crippen LogP contribution in [0.15, 0.2) is 53.7 Å². The number of nitrogens with zero attached hydrogens (tertiary/aromatic N) is 4. The molecule has 1 fully saturated rings. The van der Waals surface area contributed by atoms with Crippen LogP contribution in [0.25, 0.3) is 0 Å². The molecule has 3 aromatic heterocycles. The molecular weight excluding hydrogens is 550 g/mol. The van der Waals surface area contributed by atoms with Crippen LogP contribution in [0.3, 0.4) is 0 Å². The number of pyridine rings is 3. The Morgan fingerprint density at radius 1 is 1.10 bits per heavy atom. The van der Waals surface area contributed by atoms with Gasteiger partial charge in [0.1, 0.15) is 11.6 Å². The summed E-state index contributed by atoms with van der Waals surface area (Å²) in [6, 6.07) is 12.0. The number of hydrogen-bond donors (Lipinski definition) is 3. The molecule has 0 spiro atoms. The Morgan fingerprint density at radius 3 is 2.62 bits per heavy atom. The maximum atomic E-state index is 13.6. The molecule has 3 aromatic rings. The lowest BCUT2D eigenvalue weighted by Gasteiger charge is -2.34. The molecule has 5 heterocycles. The summed E-state index contributed by atoms with van der Waals surface area (Å²) in [6.45, 7) is 11.7. The molecule has 0 aliphatic carbocycles. The highest BCUT2D eigenvalue weighted by atomic mass is 32.2. The number of carbonyl (C=O) groups excluding carboxylic acids is 1. The zero-order valence-corrected chi connectivity index (χ0v) is 25.8. The predicted octanol–water partition coefficient (Wildman–Crippen LogP) is 4.34. The molecule has 0 radical (unpaired) electrons. The van der Waals surface area contributed by atoms with Crippen LogP contribution < -0.4 is 20.7 Å². The van der Waals surface area contributed by atoms with E-state index in [0.717, 1.165) is 42.6 Å². The van der Waals surface area contributed by atoms with Crippen molar-refractivity contribution >= 4 is 27.6 Å². The number of sulfonamides is 1. The summed E-state index contributed by atoms with van der Waals surface area (Å²) in [5.41, 5.74) is 8.26. The Morgan fingerprint density at radius 2 is 1.88 bits per heavy atom. The minimum Gasteiger partial charge on any atom is -0.362 e. The molecule has 5 rings (SSSR count). The molecule has 224 valence electrons. The number of carbonyl (C=O) groups is 1. The Bertz CT molecular complexity index is 1580. The zero-order chi connectivity index (χ0) is 30.3. The van der Waals surface area contributed by atoms with Crippen molar-refractivity contribution in [1.82, 2.24) is 19.7 Å². The lowest BCUT2D eigenvalue weighted by molar-refractivity contribution is 0.0981. The molecule has 10 nitrogen and oxygen atoms in total. The van der Waals surface area contributed by atoms with Crippen molar-refractivity contribution in [2.45, 2.75) is 82.3 Å². The van der Waals surface area contributed by atoms with Gasteiger partial charge in [-0.15, -0.1) is 0 Å². The molecule has 1 amide bonds. The van der Waals surface area contributed by atoms with Gasteiger partial charge in [-0.2, -0.15) is 8.42 Å². The molecule has 0 unspecified atom stereocenters. The number of amides is 1. The van der Waals surface area contributed by atoms with Crippen LogP contribution >= 0.6 is 0 Å². The predicted molar refractivity (Wildman–Crippen MR) is 164 cm³/mol. The molecule has 4 N–H and O–H groups in total. The summed E-state index contributed by atoms with van der Waals surface area (Å²) in [6.07, 6.45) is 5.07. The minimum atomic E-state index is -4.27. The van der Waals surface area contributed by atoms with Gasteiger partial charge in [-0.25, -0.2) is 14.7 Å². The summed E-state index contributed by atoms with van der Waals surface area (Å²) in [7, 11) is -4.27. The Labute approximate surface area is 248 Å². The second-order valence-electron chi connectivity index (χ2n) is 13.0. The third-order valence-corrected chi connectivity index (χ3v) is 9.38. The first-order chi connectivity index (χ1) is 19.8. The fourth-order valence-corrected chi connectivity index (χ4v) is 6.89. The summed E-state index contributed by atoms with van der Waals surface area (Å²) >= 11 is 0. The number of nitrogens with one attached hydrogen (secondary N) is 2. The maximum Gasteiger partial charge on any atom is 0.281 e. The van der Waals surface area contributed by atoms with E-state index in [-0.39, 0.29) is 27.6 Å². The van der Waals surface area contributed by atoms with Crippen LogP contribution in [-0.2, 0) is 21.9 Å². The van der Waals surface area contributed by atoms with Gasteiger partial charge in [-0.1, -0.05) is 26.8 Å². The third kappa shape index (κ3) is 6.27. The van der Waals surface area contributed by atoms with Crippen molar-refractivity contribution in [2.75, 3.05) is 23.3 Å². The molecule has 0 saturated carbocycles. The second kappa shape index (κ2) is 11.3. The van der Waals surface area contributed by atoms with E-state index >= 15 is 0 Å². The van der Waals surface area contributed by atoms with E-state index in [0.29, 0.717) is 30.6 Å². The van der Waals surface area contributed by atoms with E-state index in [9.17, 15) is 13.2 Å². The molecule has 0 aromatic carbocycles. The number of aromatic nitrogens is 3. The van der Waals surface area contributed by atoms with Gasteiger partial charge in [0, 0.05) is 29.4 Å². The lowest BCUT2D eigenvalue weighted by atomic mass is 9.90. The van der Waals surface area contributed by atoms with Gasteiger partial charge in [0.05, 0.1) is 17.3 Å². The van der Waals surface area contributed by atoms with Gasteiger partial charge >= 0.3 is 0 Å². The monoisotopic (exact) mass is 591 g/mol. The average molecular weight is 592 g/mol. The molecule has 2 aliphatic rings. The number of hydrogen-bond acceptors (Lipinski definition) is 9. The van der Waals surface area contributed by atoms with Crippen molar-refractivity contribution in [3.05, 3.63) is 71.2 Å². The fourth-order valence-electron chi connectivity index (χ4n) is 5.96. The standard InChI is InChI=1S/C31H41N7O3S/c1-30(2,3)25-12-10-22-28(35-25)38-19-21(18-31(38,4)5)9-11-23(24-17-20(13-15-32)14-16-33-24)34-26-7-6-8-27(36-26)42(40,41)37-29(22)39/h6-8,10,12,14,16-17,21,23H,9,11,13,15,18-19,32H2,1-5H3,(H,34,36)(H,37,39)/t21-,23-/m0/s1. The van der Waals surface area contributed by atoms with Crippen LogP contribution in [0.4, 0.5) is 11.6 Å². The van der Waals surface area contributed by atoms with Gasteiger partial charge in [-0.05, 0) is 94.0 Å². The van der Waals surface area contributed by atoms with Crippen LogP contribution in [-0.4, -0.2) is 47.9 Å². The van der Waals surface area contributed by atoms with Crippen LogP contribution in [0.1, 0.15) is 87.2 Å².